The quantitative estimate of drug-likeness (QED) is 0.245. The van der Waals surface area contributed by atoms with Gasteiger partial charge in [-0.25, -0.2) is 14.8 Å². The van der Waals surface area contributed by atoms with Crippen LogP contribution in [0, 0.1) is 0 Å². The zero-order valence-electron chi connectivity index (χ0n) is 27.8. The monoisotopic (exact) mass is 629 g/mol. The van der Waals surface area contributed by atoms with Crippen LogP contribution in [0.15, 0.2) is 41.6 Å². The summed E-state index contributed by atoms with van der Waals surface area (Å²) in [6.45, 7) is 3.66. The van der Waals surface area contributed by atoms with Crippen molar-refractivity contribution in [2.24, 2.45) is 6.98 Å². The van der Waals surface area contributed by atoms with Crippen LogP contribution in [0.1, 0.15) is 57.1 Å². The molecule has 0 aromatic carbocycles. The zero-order valence-corrected chi connectivity index (χ0v) is 24.8. The third-order valence-corrected chi connectivity index (χ3v) is 7.82. The van der Waals surface area contributed by atoms with Crippen molar-refractivity contribution in [3.63, 3.8) is 0 Å². The molecule has 1 fully saturated rings. The van der Waals surface area contributed by atoms with Crippen LogP contribution in [-0.2, 0) is 24.6 Å². The number of hydrogen-bond acceptors (Lipinski definition) is 8. The summed E-state index contributed by atoms with van der Waals surface area (Å²) < 4.78 is 67.5. The van der Waals surface area contributed by atoms with E-state index in [1.165, 1.54) is 28.4 Å². The maximum absolute atomic E-state index is 13.6. The fourth-order valence-electron chi connectivity index (χ4n) is 6.03. The highest BCUT2D eigenvalue weighted by Gasteiger charge is 2.38. The average molecular weight is 630 g/mol. The molecule has 45 heavy (non-hydrogen) atoms. The molecule has 1 aliphatic carbocycles. The maximum Gasteiger partial charge on any atom is 0.504 e. The first kappa shape index (κ1) is 26.7. The number of carbonyl (C=O) groups is 1. The standard InChI is InChI=1S/C29H33F3N10O3/c1-16(43)37-28(4)9-8-18(11-28)42-20-10-23(33-13-21(20)39(5)26(42)44)35-22-7-6-19-25(36-22)24(38-40(19)15-27(2,3)45)17-12-34-41(14-17)29(30,31)32/h6-7,10,12-14,18,45H,8-9,11,15H2,1-5H3,(H,37,43)(H,33,35,36)/t18-,28+/m1/s1/i5D3. The number of alkyl halides is 3. The predicted octanol–water partition coefficient (Wildman–Crippen LogP) is 3.95. The number of aryl methyl sites for hydroxylation is 1. The number of carbonyl (C=O) groups excluding carboxylic acids is 1. The molecule has 1 saturated carbocycles. The van der Waals surface area contributed by atoms with E-state index in [4.69, 9.17) is 4.11 Å². The molecule has 1 amide bonds. The van der Waals surface area contributed by atoms with Crippen molar-refractivity contribution in [2.45, 2.75) is 77.0 Å². The summed E-state index contributed by atoms with van der Waals surface area (Å²) in [7, 11) is 0. The van der Waals surface area contributed by atoms with Crippen LogP contribution in [0.3, 0.4) is 0 Å². The maximum atomic E-state index is 13.6. The molecule has 0 radical (unpaired) electrons. The second-order valence-corrected chi connectivity index (χ2v) is 12.3. The van der Waals surface area contributed by atoms with Crippen LogP contribution < -0.4 is 16.3 Å². The van der Waals surface area contributed by atoms with Crippen molar-refractivity contribution < 1.29 is 27.2 Å². The van der Waals surface area contributed by atoms with Gasteiger partial charge in [-0.15, -0.1) is 13.2 Å². The third-order valence-electron chi connectivity index (χ3n) is 7.82. The van der Waals surface area contributed by atoms with E-state index < -0.39 is 36.1 Å². The Morgan fingerprint density at radius 1 is 1.20 bits per heavy atom. The Morgan fingerprint density at radius 3 is 2.64 bits per heavy atom. The van der Waals surface area contributed by atoms with E-state index in [1.54, 1.807) is 26.0 Å². The lowest BCUT2D eigenvalue weighted by atomic mass is 10.0. The SMILES string of the molecule is [2H]C([2H])([2H])n1c(=O)n([C@@H]2CC[C@](C)(NC(C)=O)C2)c2cc(Nc3ccc4c(n3)c(-c3cnn(C(F)(F)F)c3)nn4CC(C)(C)O)ncc21. The largest absolute Gasteiger partial charge is 0.504 e. The van der Waals surface area contributed by atoms with Gasteiger partial charge in [0.15, 0.2) is 0 Å². The number of nitrogens with one attached hydrogen (secondary N) is 2. The molecular formula is C29H33F3N10O3. The lowest BCUT2D eigenvalue weighted by Crippen LogP contribution is -2.43. The summed E-state index contributed by atoms with van der Waals surface area (Å²) in [4.78, 5) is 34.4. The molecule has 2 atom stereocenters. The second kappa shape index (κ2) is 10.4. The summed E-state index contributed by atoms with van der Waals surface area (Å²) in [6.07, 6.45) is -0.149. The number of hydrogen-bond donors (Lipinski definition) is 3. The van der Waals surface area contributed by atoms with E-state index >= 15 is 0 Å². The smallest absolute Gasteiger partial charge is 0.389 e. The first-order valence-corrected chi connectivity index (χ1v) is 14.1. The number of imidazole rings is 1. The van der Waals surface area contributed by atoms with Crippen LogP contribution in [0.4, 0.5) is 24.8 Å². The van der Waals surface area contributed by atoms with E-state index in [0.29, 0.717) is 30.3 Å². The van der Waals surface area contributed by atoms with Gasteiger partial charge in [0.1, 0.15) is 22.8 Å². The lowest BCUT2D eigenvalue weighted by molar-refractivity contribution is -0.212. The first-order valence-electron chi connectivity index (χ1n) is 15.6. The Kier molecular flexibility index (Phi) is 6.18. The molecule has 0 unspecified atom stereocenters. The summed E-state index contributed by atoms with van der Waals surface area (Å²) in [5, 5.41) is 24.3. The molecule has 1 aliphatic rings. The number of rotatable bonds is 7. The molecule has 0 spiro atoms. The summed E-state index contributed by atoms with van der Waals surface area (Å²) in [6, 6.07) is 4.36. The molecule has 16 heteroatoms. The Bertz CT molecular complexity index is 2110. The molecule has 13 nitrogen and oxygen atoms in total. The topological polar surface area (TPSA) is 150 Å². The van der Waals surface area contributed by atoms with E-state index in [1.807, 2.05) is 6.92 Å². The lowest BCUT2D eigenvalue weighted by Gasteiger charge is -2.25. The zero-order chi connectivity index (χ0) is 35.0. The van der Waals surface area contributed by atoms with Crippen LogP contribution >= 0.6 is 0 Å². The Labute approximate surface area is 258 Å². The van der Waals surface area contributed by atoms with E-state index in [0.717, 1.165) is 17.0 Å². The van der Waals surface area contributed by atoms with Crippen LogP contribution in [0.5, 0.6) is 0 Å². The highest BCUT2D eigenvalue weighted by atomic mass is 19.4. The fraction of sp³-hybridized carbons (Fsp3) is 0.448. The van der Waals surface area contributed by atoms with Gasteiger partial charge in [0.05, 0.1) is 41.1 Å². The van der Waals surface area contributed by atoms with Gasteiger partial charge in [0, 0.05) is 47.4 Å². The van der Waals surface area contributed by atoms with Crippen molar-refractivity contribution in [1.29, 1.82) is 0 Å². The number of aliphatic hydroxyl groups is 1. The Hall–Kier alpha value is -4.73. The van der Waals surface area contributed by atoms with Crippen molar-refractivity contribution in [3.05, 3.63) is 47.3 Å². The number of pyridine rings is 2. The minimum atomic E-state index is -4.74. The van der Waals surface area contributed by atoms with Gasteiger partial charge in [0.2, 0.25) is 5.91 Å². The van der Waals surface area contributed by atoms with Crippen molar-refractivity contribution in [1.82, 2.24) is 44.0 Å². The van der Waals surface area contributed by atoms with Gasteiger partial charge in [-0.3, -0.25) is 18.6 Å². The highest BCUT2D eigenvalue weighted by molar-refractivity contribution is 5.91. The number of aromatic nitrogens is 8. The van der Waals surface area contributed by atoms with Gasteiger partial charge in [-0.2, -0.15) is 14.9 Å². The molecule has 5 aromatic rings. The number of nitrogens with zero attached hydrogens (tertiary/aromatic N) is 8. The summed E-state index contributed by atoms with van der Waals surface area (Å²) in [5.74, 6) is 0.229. The molecule has 0 bridgehead atoms. The molecule has 0 saturated heterocycles. The van der Waals surface area contributed by atoms with Crippen LogP contribution in [0.2, 0.25) is 0 Å². The molecule has 0 aliphatic heterocycles. The minimum absolute atomic E-state index is 0.0176. The summed E-state index contributed by atoms with van der Waals surface area (Å²) in [5.41, 5.74) is -1.30. The summed E-state index contributed by atoms with van der Waals surface area (Å²) >= 11 is 0. The van der Waals surface area contributed by atoms with E-state index in [-0.39, 0.29) is 51.1 Å². The van der Waals surface area contributed by atoms with Crippen molar-refractivity contribution in [3.8, 4) is 11.3 Å². The molecule has 5 aromatic heterocycles. The average Bonchev–Trinajstić information content (AvgIpc) is 3.70. The van der Waals surface area contributed by atoms with Crippen molar-refractivity contribution >= 4 is 39.6 Å². The van der Waals surface area contributed by atoms with Gasteiger partial charge < -0.3 is 15.7 Å². The Morgan fingerprint density at radius 2 is 1.98 bits per heavy atom. The second-order valence-electron chi connectivity index (χ2n) is 12.3. The molecule has 5 heterocycles. The number of anilines is 2. The first-order chi connectivity index (χ1) is 22.2. The predicted molar refractivity (Wildman–Crippen MR) is 160 cm³/mol. The van der Waals surface area contributed by atoms with Gasteiger partial charge >= 0.3 is 12.0 Å². The van der Waals surface area contributed by atoms with Gasteiger partial charge in [0.25, 0.3) is 0 Å². The third kappa shape index (κ3) is 5.77. The normalized spacial score (nSPS) is 20.4. The highest BCUT2D eigenvalue weighted by Crippen LogP contribution is 2.39. The fourth-order valence-corrected chi connectivity index (χ4v) is 6.03. The number of halogens is 3. The molecular weight excluding hydrogens is 593 g/mol. The van der Waals surface area contributed by atoms with Crippen LogP contribution in [-0.4, -0.2) is 60.8 Å². The number of amides is 1. The Balaban J connectivity index is 1.42. The van der Waals surface area contributed by atoms with Crippen molar-refractivity contribution in [2.75, 3.05) is 5.32 Å². The molecule has 238 valence electrons. The van der Waals surface area contributed by atoms with Gasteiger partial charge in [-0.05, 0) is 52.2 Å². The van der Waals surface area contributed by atoms with E-state index in [9.17, 15) is 27.9 Å². The molecule has 6 rings (SSSR count). The van der Waals surface area contributed by atoms with Crippen LogP contribution in [0.25, 0.3) is 33.3 Å². The number of fused-ring (bicyclic) bond motifs is 2. The van der Waals surface area contributed by atoms with Gasteiger partial charge in [-0.1, -0.05) is 0 Å². The van der Waals surface area contributed by atoms with E-state index in [2.05, 4.69) is 30.8 Å². The minimum Gasteiger partial charge on any atom is -0.389 e. The molecule has 3 N–H and O–H groups in total.